The average Bonchev–Trinajstić information content (AvgIpc) is 2.58. The molecule has 24 heavy (non-hydrogen) atoms. The number of rotatable bonds is 8. The van der Waals surface area contributed by atoms with Gasteiger partial charge in [-0.2, -0.15) is 22.2 Å². The van der Waals surface area contributed by atoms with Gasteiger partial charge in [-0.15, -0.1) is 0 Å². The number of nitrogens with one attached hydrogen (secondary N) is 2. The average molecular weight is 400 g/mol. The highest BCUT2D eigenvalue weighted by Gasteiger charge is 1.92. The van der Waals surface area contributed by atoms with Crippen molar-refractivity contribution in [3.8, 4) is 0 Å². The highest BCUT2D eigenvalue weighted by Crippen LogP contribution is 2.04. The summed E-state index contributed by atoms with van der Waals surface area (Å²) in [6.07, 6.45) is 2.17. The molecule has 2 rings (SSSR count). The molecule has 0 spiro atoms. The Morgan fingerprint density at radius 2 is 1.33 bits per heavy atom. The van der Waals surface area contributed by atoms with Crippen molar-refractivity contribution in [2.45, 2.75) is 26.7 Å². The smallest absolute Gasteiger partial charge is 0.195 e. The van der Waals surface area contributed by atoms with Gasteiger partial charge in [-0.25, -0.2) is 0 Å². The first-order valence-electron chi connectivity index (χ1n) is 8.30. The highest BCUT2D eigenvalue weighted by molar-refractivity contribution is 6.92. The van der Waals surface area contributed by atoms with Gasteiger partial charge in [0.15, 0.2) is 18.0 Å². The molecule has 0 aliphatic heterocycles. The van der Waals surface area contributed by atoms with Crippen molar-refractivity contribution in [1.82, 2.24) is 9.96 Å². The van der Waals surface area contributed by atoms with Crippen molar-refractivity contribution in [1.29, 1.82) is 0 Å². The molecule has 0 aliphatic rings. The normalized spacial score (nSPS) is 11.2. The zero-order valence-corrected chi connectivity index (χ0v) is 19.0. The van der Waals surface area contributed by atoms with Gasteiger partial charge in [0, 0.05) is 0 Å². The molecule has 2 aromatic carbocycles. The number of benzene rings is 2. The van der Waals surface area contributed by atoms with Crippen molar-refractivity contribution in [2.75, 3.05) is 13.1 Å². The van der Waals surface area contributed by atoms with Gasteiger partial charge < -0.3 is 9.96 Å². The number of aryl methyl sites for hydroxylation is 2. The van der Waals surface area contributed by atoms with Crippen LogP contribution in [0.5, 0.6) is 0 Å². The summed E-state index contributed by atoms with van der Waals surface area (Å²) in [5.41, 5.74) is 5.42. The molecule has 0 atom stereocenters. The predicted octanol–water partition coefficient (Wildman–Crippen LogP) is 2.73. The second-order valence-electron chi connectivity index (χ2n) is 5.74. The first-order valence-corrected chi connectivity index (χ1v) is 14.0. The molecule has 0 heterocycles. The third-order valence-corrected chi connectivity index (χ3v) is 5.79. The van der Waals surface area contributed by atoms with Crippen molar-refractivity contribution in [2.24, 2.45) is 0 Å². The standard InChI is InChI=1S/2C9H14ClNSi/c1-8-2-4-9(5-3-8)6-7-11-12-10;1-8-3-2-4-9(7-8)5-6-11-12-10/h2-5,11H,6-7,12H2,1H3;2-4,7,11H,5-6,12H2,1H3. The first-order chi connectivity index (χ1) is 11.7. The van der Waals surface area contributed by atoms with E-state index in [1.807, 2.05) is 0 Å². The molecule has 0 radical (unpaired) electrons. The lowest BCUT2D eigenvalue weighted by atomic mass is 10.1. The molecule has 132 valence electrons. The molecular formula is C18H28Cl2N2Si2. The molecule has 0 bridgehead atoms. The predicted molar refractivity (Wildman–Crippen MR) is 115 cm³/mol. The molecule has 0 saturated heterocycles. The lowest BCUT2D eigenvalue weighted by molar-refractivity contribution is 0.894. The van der Waals surface area contributed by atoms with Crippen LogP contribution in [0.25, 0.3) is 0 Å². The van der Waals surface area contributed by atoms with E-state index < -0.39 is 18.0 Å². The monoisotopic (exact) mass is 398 g/mol. The fourth-order valence-corrected chi connectivity index (χ4v) is 3.64. The van der Waals surface area contributed by atoms with Crippen molar-refractivity contribution < 1.29 is 0 Å². The van der Waals surface area contributed by atoms with Gasteiger partial charge in [-0.1, -0.05) is 59.7 Å². The van der Waals surface area contributed by atoms with Crippen LogP contribution in [0.15, 0.2) is 48.5 Å². The van der Waals surface area contributed by atoms with Gasteiger partial charge in [0.05, 0.1) is 0 Å². The fraction of sp³-hybridized carbons (Fsp3) is 0.333. The summed E-state index contributed by atoms with van der Waals surface area (Å²) < 4.78 is 0. The van der Waals surface area contributed by atoms with Crippen LogP contribution in [-0.2, 0) is 12.8 Å². The van der Waals surface area contributed by atoms with Gasteiger partial charge in [0.25, 0.3) is 0 Å². The van der Waals surface area contributed by atoms with E-state index in [4.69, 9.17) is 22.2 Å². The molecule has 0 saturated carbocycles. The zero-order valence-electron chi connectivity index (χ0n) is 14.6. The van der Waals surface area contributed by atoms with Gasteiger partial charge in [0.2, 0.25) is 0 Å². The first kappa shape index (κ1) is 21.4. The minimum absolute atomic E-state index is 0.487. The van der Waals surface area contributed by atoms with E-state index in [0.717, 1.165) is 25.9 Å². The van der Waals surface area contributed by atoms with Gasteiger partial charge in [-0.05, 0) is 50.9 Å². The summed E-state index contributed by atoms with van der Waals surface area (Å²) >= 11 is 11.2. The zero-order chi connectivity index (χ0) is 17.6. The van der Waals surface area contributed by atoms with Gasteiger partial charge in [-0.3, -0.25) is 0 Å². The summed E-state index contributed by atoms with van der Waals surface area (Å²) in [6, 6.07) is 17.2. The summed E-state index contributed by atoms with van der Waals surface area (Å²) in [6.45, 7) is 6.25. The molecule has 0 aromatic heterocycles. The van der Waals surface area contributed by atoms with Crippen LogP contribution >= 0.6 is 22.2 Å². The van der Waals surface area contributed by atoms with E-state index in [1.165, 1.54) is 22.3 Å². The molecule has 6 heteroatoms. The summed E-state index contributed by atoms with van der Waals surface area (Å²) in [4.78, 5) is 6.44. The van der Waals surface area contributed by atoms with Crippen molar-refractivity contribution in [3.05, 3.63) is 70.8 Å². The SMILES string of the molecule is Cc1ccc(CCN[SiH2]Cl)cc1.Cc1cccc(CCN[SiH2]Cl)c1. The molecule has 0 fully saturated rings. The third-order valence-electron chi connectivity index (χ3n) is 3.57. The Bertz CT molecular complexity index is 565. The molecule has 0 unspecified atom stereocenters. The van der Waals surface area contributed by atoms with E-state index in [0.29, 0.717) is 0 Å². The van der Waals surface area contributed by atoms with Crippen LogP contribution in [0.2, 0.25) is 0 Å². The molecule has 2 aromatic rings. The maximum atomic E-state index is 5.63. The van der Waals surface area contributed by atoms with Gasteiger partial charge >= 0.3 is 0 Å². The quantitative estimate of drug-likeness (QED) is 0.405. The van der Waals surface area contributed by atoms with E-state index in [-0.39, 0.29) is 0 Å². The Kier molecular flexibility index (Phi) is 12.2. The highest BCUT2D eigenvalue weighted by atomic mass is 35.6. The lowest BCUT2D eigenvalue weighted by Gasteiger charge is -2.01. The summed E-state index contributed by atoms with van der Waals surface area (Å²) in [5, 5.41) is 0. The topological polar surface area (TPSA) is 24.1 Å². The largest absolute Gasteiger partial charge is 0.330 e. The van der Waals surface area contributed by atoms with Crippen LogP contribution in [0.1, 0.15) is 22.3 Å². The van der Waals surface area contributed by atoms with Crippen LogP contribution in [0.4, 0.5) is 0 Å². The fourth-order valence-electron chi connectivity index (χ4n) is 2.22. The molecular weight excluding hydrogens is 371 g/mol. The maximum Gasteiger partial charge on any atom is 0.195 e. The van der Waals surface area contributed by atoms with E-state index in [1.54, 1.807) is 0 Å². The summed E-state index contributed by atoms with van der Waals surface area (Å²) in [5.74, 6) is 0. The number of halogens is 2. The molecule has 2 nitrogen and oxygen atoms in total. The second-order valence-corrected chi connectivity index (χ2v) is 8.88. The molecule has 2 N–H and O–H groups in total. The van der Waals surface area contributed by atoms with E-state index in [9.17, 15) is 0 Å². The Morgan fingerprint density at radius 3 is 1.88 bits per heavy atom. The van der Waals surface area contributed by atoms with Gasteiger partial charge in [0.1, 0.15) is 0 Å². The second kappa shape index (κ2) is 13.6. The number of hydrogen-bond donors (Lipinski definition) is 2. The van der Waals surface area contributed by atoms with Crippen molar-refractivity contribution >= 4 is 40.1 Å². The Morgan fingerprint density at radius 1 is 0.750 bits per heavy atom. The maximum absolute atomic E-state index is 5.63. The minimum atomic E-state index is -0.489. The van der Waals surface area contributed by atoms with E-state index >= 15 is 0 Å². The Balaban J connectivity index is 0.000000240. The Hall–Kier alpha value is -0.626. The number of hydrogen-bond acceptors (Lipinski definition) is 2. The Labute approximate surface area is 160 Å². The van der Waals surface area contributed by atoms with Crippen LogP contribution in [0, 0.1) is 13.8 Å². The molecule has 0 amide bonds. The van der Waals surface area contributed by atoms with Crippen LogP contribution in [-0.4, -0.2) is 31.1 Å². The third kappa shape index (κ3) is 10.3. The lowest BCUT2D eigenvalue weighted by Crippen LogP contribution is -2.17. The van der Waals surface area contributed by atoms with E-state index in [2.05, 4.69) is 72.3 Å². The van der Waals surface area contributed by atoms with Crippen LogP contribution < -0.4 is 9.96 Å². The van der Waals surface area contributed by atoms with Crippen LogP contribution in [0.3, 0.4) is 0 Å². The summed E-state index contributed by atoms with van der Waals surface area (Å²) in [7, 11) is -0.977. The minimum Gasteiger partial charge on any atom is -0.330 e. The van der Waals surface area contributed by atoms with Crippen molar-refractivity contribution in [3.63, 3.8) is 0 Å². The molecule has 0 aliphatic carbocycles.